The third-order valence-electron chi connectivity index (χ3n) is 4.12. The van der Waals surface area contributed by atoms with Gasteiger partial charge in [0.25, 0.3) is 5.69 Å². The van der Waals surface area contributed by atoms with Gasteiger partial charge in [0.15, 0.2) is 0 Å². The van der Waals surface area contributed by atoms with Gasteiger partial charge in [0.05, 0.1) is 16.8 Å². The van der Waals surface area contributed by atoms with Crippen molar-refractivity contribution in [3.8, 4) is 17.0 Å². The Kier molecular flexibility index (Phi) is 4.25. The van der Waals surface area contributed by atoms with Crippen molar-refractivity contribution in [2.45, 2.75) is 6.61 Å². The Morgan fingerprint density at radius 2 is 1.74 bits per heavy atom. The third kappa shape index (κ3) is 3.62. The van der Waals surface area contributed by atoms with Crippen LogP contribution in [-0.2, 0) is 6.61 Å². The summed E-state index contributed by atoms with van der Waals surface area (Å²) >= 11 is 0. The van der Waals surface area contributed by atoms with E-state index in [0.717, 1.165) is 11.1 Å². The number of halogens is 1. The molecule has 6 nitrogen and oxygen atoms in total. The molecule has 0 N–H and O–H groups in total. The summed E-state index contributed by atoms with van der Waals surface area (Å²) in [5.41, 5.74) is 3.10. The minimum Gasteiger partial charge on any atom is -0.489 e. The van der Waals surface area contributed by atoms with Crippen molar-refractivity contribution >= 4 is 11.3 Å². The third-order valence-corrected chi connectivity index (χ3v) is 4.12. The summed E-state index contributed by atoms with van der Waals surface area (Å²) < 4.78 is 20.2. The highest BCUT2D eigenvalue weighted by molar-refractivity contribution is 5.63. The van der Waals surface area contributed by atoms with Crippen molar-refractivity contribution in [2.24, 2.45) is 0 Å². The van der Waals surface area contributed by atoms with E-state index in [4.69, 9.17) is 4.74 Å². The largest absolute Gasteiger partial charge is 0.489 e. The zero-order valence-corrected chi connectivity index (χ0v) is 14.1. The van der Waals surface area contributed by atoms with Crippen molar-refractivity contribution in [1.82, 2.24) is 9.38 Å². The van der Waals surface area contributed by atoms with E-state index in [1.165, 1.54) is 24.4 Å². The zero-order chi connectivity index (χ0) is 18.8. The molecule has 0 fully saturated rings. The van der Waals surface area contributed by atoms with Gasteiger partial charge in [0.1, 0.15) is 23.8 Å². The van der Waals surface area contributed by atoms with Crippen molar-refractivity contribution in [2.75, 3.05) is 0 Å². The second-order valence-electron chi connectivity index (χ2n) is 5.98. The fraction of sp³-hybridized carbons (Fsp3) is 0.0500. The van der Waals surface area contributed by atoms with Crippen LogP contribution in [-0.4, -0.2) is 14.3 Å². The lowest BCUT2D eigenvalue weighted by molar-refractivity contribution is -0.385. The molecule has 4 aromatic rings. The highest BCUT2D eigenvalue weighted by Crippen LogP contribution is 2.24. The minimum absolute atomic E-state index is 0.0102. The molecule has 0 aliphatic heterocycles. The van der Waals surface area contributed by atoms with Crippen LogP contribution in [0.15, 0.2) is 73.1 Å². The van der Waals surface area contributed by atoms with Crippen LogP contribution in [0.25, 0.3) is 16.9 Å². The molecule has 0 aliphatic rings. The van der Waals surface area contributed by atoms with Gasteiger partial charge in [-0.05, 0) is 48.0 Å². The van der Waals surface area contributed by atoms with Crippen LogP contribution in [0.5, 0.6) is 5.75 Å². The van der Waals surface area contributed by atoms with Gasteiger partial charge in [0, 0.05) is 17.8 Å². The predicted octanol–water partition coefficient (Wildman–Crippen LogP) is 4.63. The second kappa shape index (κ2) is 6.87. The number of hydrogen-bond acceptors (Lipinski definition) is 4. The van der Waals surface area contributed by atoms with Crippen molar-refractivity contribution in [1.29, 1.82) is 0 Å². The summed E-state index contributed by atoms with van der Waals surface area (Å²) in [6.45, 7) is 0.345. The fourth-order valence-corrected chi connectivity index (χ4v) is 2.70. The lowest BCUT2D eigenvalue weighted by Gasteiger charge is -2.07. The molecule has 134 valence electrons. The van der Waals surface area contributed by atoms with E-state index < -0.39 is 4.92 Å². The molecule has 2 aromatic carbocycles. The Morgan fingerprint density at radius 3 is 2.44 bits per heavy atom. The number of nitro groups is 1. The van der Waals surface area contributed by atoms with Crippen LogP contribution in [0.3, 0.4) is 0 Å². The first-order valence-electron chi connectivity index (χ1n) is 8.19. The smallest absolute Gasteiger partial charge is 0.286 e. The normalized spacial score (nSPS) is 10.9. The number of fused-ring (bicyclic) bond motifs is 1. The SMILES string of the molecule is O=[N+]([O-])c1ccc2nc(-c3ccc(OCc4ccc(F)cc4)cc3)cn2c1. The maximum absolute atomic E-state index is 12.9. The van der Waals surface area contributed by atoms with Crippen molar-refractivity contribution in [3.05, 3.63) is 94.6 Å². The summed E-state index contributed by atoms with van der Waals surface area (Å²) in [5, 5.41) is 10.9. The first kappa shape index (κ1) is 16.7. The topological polar surface area (TPSA) is 69.7 Å². The van der Waals surface area contributed by atoms with E-state index in [0.29, 0.717) is 23.7 Å². The van der Waals surface area contributed by atoms with Crippen LogP contribution < -0.4 is 4.74 Å². The minimum atomic E-state index is -0.438. The number of rotatable bonds is 5. The number of benzene rings is 2. The van der Waals surface area contributed by atoms with E-state index >= 15 is 0 Å². The van der Waals surface area contributed by atoms with E-state index in [1.54, 1.807) is 28.8 Å². The summed E-state index contributed by atoms with van der Waals surface area (Å²) in [7, 11) is 0. The number of ether oxygens (including phenoxy) is 1. The maximum Gasteiger partial charge on any atom is 0.286 e. The molecule has 0 saturated carbocycles. The highest BCUT2D eigenvalue weighted by atomic mass is 19.1. The Bertz CT molecular complexity index is 1110. The van der Waals surface area contributed by atoms with Gasteiger partial charge in [-0.25, -0.2) is 9.37 Å². The fourth-order valence-electron chi connectivity index (χ4n) is 2.70. The van der Waals surface area contributed by atoms with Gasteiger partial charge in [-0.1, -0.05) is 12.1 Å². The standard InChI is InChI=1S/C20H14FN3O3/c21-16-5-1-14(2-6-16)13-27-18-8-3-15(4-9-18)19-12-23-11-17(24(25)26)7-10-20(23)22-19/h1-12H,13H2. The molecule has 0 saturated heterocycles. The summed E-state index contributed by atoms with van der Waals surface area (Å²) in [6.07, 6.45) is 3.18. The number of imidazole rings is 1. The van der Waals surface area contributed by atoms with E-state index in [9.17, 15) is 14.5 Å². The molecule has 27 heavy (non-hydrogen) atoms. The van der Waals surface area contributed by atoms with Gasteiger partial charge >= 0.3 is 0 Å². The first-order valence-corrected chi connectivity index (χ1v) is 8.19. The van der Waals surface area contributed by atoms with Gasteiger partial charge in [0.2, 0.25) is 0 Å². The average molecular weight is 363 g/mol. The molecule has 0 aliphatic carbocycles. The lowest BCUT2D eigenvalue weighted by Crippen LogP contribution is -1.95. The van der Waals surface area contributed by atoms with E-state index in [1.807, 2.05) is 24.3 Å². The van der Waals surface area contributed by atoms with Crippen LogP contribution in [0.1, 0.15) is 5.56 Å². The van der Waals surface area contributed by atoms with Gasteiger partial charge in [-0.2, -0.15) is 0 Å². The Balaban J connectivity index is 1.50. The molecule has 2 aromatic heterocycles. The molecule has 2 heterocycles. The van der Waals surface area contributed by atoms with Gasteiger partial charge in [-0.3, -0.25) is 14.5 Å². The van der Waals surface area contributed by atoms with Gasteiger partial charge in [-0.15, -0.1) is 0 Å². The molecular formula is C20H14FN3O3. The van der Waals surface area contributed by atoms with E-state index in [2.05, 4.69) is 4.98 Å². The van der Waals surface area contributed by atoms with Crippen LogP contribution in [0, 0.1) is 15.9 Å². The molecule has 0 atom stereocenters. The number of nitrogens with zero attached hydrogens (tertiary/aromatic N) is 3. The lowest BCUT2D eigenvalue weighted by atomic mass is 10.1. The Morgan fingerprint density at radius 1 is 1.00 bits per heavy atom. The van der Waals surface area contributed by atoms with Gasteiger partial charge < -0.3 is 4.74 Å². The molecule has 0 bridgehead atoms. The molecular weight excluding hydrogens is 349 g/mol. The average Bonchev–Trinajstić information content (AvgIpc) is 3.11. The molecule has 0 unspecified atom stereocenters. The molecule has 7 heteroatoms. The number of hydrogen-bond donors (Lipinski definition) is 0. The Hall–Kier alpha value is -3.74. The maximum atomic E-state index is 12.9. The zero-order valence-electron chi connectivity index (χ0n) is 14.1. The van der Waals surface area contributed by atoms with Crippen molar-refractivity contribution in [3.63, 3.8) is 0 Å². The summed E-state index contributed by atoms with van der Waals surface area (Å²) in [6, 6.07) is 16.6. The summed E-state index contributed by atoms with van der Waals surface area (Å²) in [4.78, 5) is 14.9. The van der Waals surface area contributed by atoms with E-state index in [-0.39, 0.29) is 11.5 Å². The Labute approximate surface area is 153 Å². The van der Waals surface area contributed by atoms with Crippen molar-refractivity contribution < 1.29 is 14.1 Å². The molecule has 4 rings (SSSR count). The van der Waals surface area contributed by atoms with Crippen LogP contribution >= 0.6 is 0 Å². The number of pyridine rings is 1. The highest BCUT2D eigenvalue weighted by Gasteiger charge is 2.10. The predicted molar refractivity (Wildman–Crippen MR) is 98.0 cm³/mol. The number of aromatic nitrogens is 2. The second-order valence-corrected chi connectivity index (χ2v) is 5.98. The first-order chi connectivity index (χ1) is 13.1. The summed E-state index contributed by atoms with van der Waals surface area (Å²) in [5.74, 6) is 0.406. The molecule has 0 spiro atoms. The van der Waals surface area contributed by atoms with Crippen LogP contribution in [0.2, 0.25) is 0 Å². The quantitative estimate of drug-likeness (QED) is 0.383. The van der Waals surface area contributed by atoms with Crippen LogP contribution in [0.4, 0.5) is 10.1 Å². The molecule has 0 amide bonds. The monoisotopic (exact) mass is 363 g/mol. The molecule has 0 radical (unpaired) electrons.